The fourth-order valence-electron chi connectivity index (χ4n) is 2.06. The van der Waals surface area contributed by atoms with Gasteiger partial charge in [0.15, 0.2) is 0 Å². The second-order valence-corrected chi connectivity index (χ2v) is 5.47. The maximum atomic E-state index is 4.16. The molecule has 1 aliphatic heterocycles. The lowest BCUT2D eigenvalue weighted by molar-refractivity contribution is 0.339. The Labute approximate surface area is 82.8 Å². The van der Waals surface area contributed by atoms with Crippen LogP contribution in [0.2, 0.25) is 0 Å². The minimum Gasteiger partial charge on any atom is -0.299 e. The Morgan fingerprint density at radius 2 is 1.77 bits per heavy atom. The molecule has 76 valence electrons. The smallest absolute Gasteiger partial charge is 0.0190 e. The summed E-state index contributed by atoms with van der Waals surface area (Å²) in [5.41, 5.74) is 1.80. The predicted octanol–water partition coefficient (Wildman–Crippen LogP) is 3.07. The summed E-state index contributed by atoms with van der Waals surface area (Å²) in [5.74, 6) is 0. The molecular weight excluding hydrogens is 158 g/mol. The molecule has 0 amide bonds. The van der Waals surface area contributed by atoms with Gasteiger partial charge in [0.1, 0.15) is 0 Å². The molecule has 1 aliphatic rings. The van der Waals surface area contributed by atoms with E-state index in [2.05, 4.69) is 32.3 Å². The molecule has 1 saturated heterocycles. The Kier molecular flexibility index (Phi) is 3.55. The molecule has 0 saturated carbocycles. The van der Waals surface area contributed by atoms with Crippen LogP contribution in [-0.4, -0.2) is 24.5 Å². The molecule has 0 bridgehead atoms. The van der Waals surface area contributed by atoms with E-state index >= 15 is 0 Å². The molecule has 1 fully saturated rings. The van der Waals surface area contributed by atoms with Gasteiger partial charge in [0.05, 0.1) is 0 Å². The number of nitrogens with zero attached hydrogens (tertiary/aromatic N) is 1. The molecule has 0 unspecified atom stereocenters. The summed E-state index contributed by atoms with van der Waals surface area (Å²) in [6.45, 7) is 14.7. The van der Waals surface area contributed by atoms with E-state index in [0.29, 0.717) is 5.41 Å². The van der Waals surface area contributed by atoms with Crippen molar-refractivity contribution in [3.8, 4) is 0 Å². The van der Waals surface area contributed by atoms with Gasteiger partial charge in [-0.05, 0) is 37.8 Å². The van der Waals surface area contributed by atoms with E-state index < -0.39 is 0 Å². The average molecular weight is 181 g/mol. The van der Waals surface area contributed by atoms with E-state index in [9.17, 15) is 0 Å². The Morgan fingerprint density at radius 1 is 1.23 bits per heavy atom. The summed E-state index contributed by atoms with van der Waals surface area (Å²) in [7, 11) is 0. The summed E-state index contributed by atoms with van der Waals surface area (Å²) >= 11 is 0. The van der Waals surface area contributed by atoms with Crippen molar-refractivity contribution in [2.45, 2.75) is 40.0 Å². The first-order valence-electron chi connectivity index (χ1n) is 5.36. The zero-order chi connectivity index (χ0) is 9.90. The first kappa shape index (κ1) is 10.8. The van der Waals surface area contributed by atoms with Gasteiger partial charge < -0.3 is 0 Å². The molecule has 1 heterocycles. The number of likely N-dealkylation sites (tertiary alicyclic amines) is 1. The number of rotatable bonds is 3. The highest BCUT2D eigenvalue weighted by molar-refractivity contribution is 5.00. The molecule has 0 spiro atoms. The molecule has 1 heteroatoms. The molecule has 0 atom stereocenters. The molecule has 0 aromatic heterocycles. The fraction of sp³-hybridized carbons (Fsp3) is 0.833. The van der Waals surface area contributed by atoms with E-state index in [0.717, 1.165) is 13.0 Å². The first-order chi connectivity index (χ1) is 5.97. The lowest BCUT2D eigenvalue weighted by atomic mass is 9.88. The lowest BCUT2D eigenvalue weighted by Crippen LogP contribution is -2.23. The van der Waals surface area contributed by atoms with Crippen molar-refractivity contribution >= 4 is 0 Å². The second kappa shape index (κ2) is 4.28. The maximum absolute atomic E-state index is 4.16. The second-order valence-electron chi connectivity index (χ2n) is 5.47. The Balaban J connectivity index is 2.24. The van der Waals surface area contributed by atoms with Gasteiger partial charge >= 0.3 is 0 Å². The first-order valence-corrected chi connectivity index (χ1v) is 5.36. The van der Waals surface area contributed by atoms with Crippen LogP contribution in [0.5, 0.6) is 0 Å². The van der Waals surface area contributed by atoms with E-state index in [1.807, 2.05) is 0 Å². The molecule has 13 heavy (non-hydrogen) atoms. The minimum absolute atomic E-state index is 0.400. The van der Waals surface area contributed by atoms with Gasteiger partial charge in [0.25, 0.3) is 0 Å². The summed E-state index contributed by atoms with van der Waals surface area (Å²) in [6.07, 6.45) is 3.91. The maximum Gasteiger partial charge on any atom is 0.0190 e. The SMILES string of the molecule is C=C(CN1CCCC1)CC(C)(C)C. The van der Waals surface area contributed by atoms with Crippen LogP contribution in [0.4, 0.5) is 0 Å². The van der Waals surface area contributed by atoms with Gasteiger partial charge in [-0.2, -0.15) is 0 Å². The normalized spacial score (nSPS) is 19.3. The third-order valence-electron chi connectivity index (χ3n) is 2.43. The van der Waals surface area contributed by atoms with Gasteiger partial charge in [0.2, 0.25) is 0 Å². The van der Waals surface area contributed by atoms with Crippen LogP contribution in [0.3, 0.4) is 0 Å². The fourth-order valence-corrected chi connectivity index (χ4v) is 2.06. The van der Waals surface area contributed by atoms with Crippen molar-refractivity contribution in [1.82, 2.24) is 4.90 Å². The average Bonchev–Trinajstić information content (AvgIpc) is 2.34. The van der Waals surface area contributed by atoms with Crippen molar-refractivity contribution in [1.29, 1.82) is 0 Å². The molecule has 0 N–H and O–H groups in total. The molecule has 1 rings (SSSR count). The Bertz CT molecular complexity index is 170. The predicted molar refractivity (Wildman–Crippen MR) is 58.9 cm³/mol. The highest BCUT2D eigenvalue weighted by Gasteiger charge is 2.16. The van der Waals surface area contributed by atoms with Gasteiger partial charge in [-0.25, -0.2) is 0 Å². The van der Waals surface area contributed by atoms with Gasteiger partial charge in [-0.3, -0.25) is 4.90 Å². The Hall–Kier alpha value is -0.300. The van der Waals surface area contributed by atoms with Crippen molar-refractivity contribution in [2.24, 2.45) is 5.41 Å². The summed E-state index contributed by atoms with van der Waals surface area (Å²) < 4.78 is 0. The topological polar surface area (TPSA) is 3.24 Å². The van der Waals surface area contributed by atoms with Crippen LogP contribution in [0.1, 0.15) is 40.0 Å². The monoisotopic (exact) mass is 181 g/mol. The van der Waals surface area contributed by atoms with Gasteiger partial charge in [-0.15, -0.1) is 0 Å². The standard InChI is InChI=1S/C12H23N/c1-11(9-12(2,3)4)10-13-7-5-6-8-13/h1,5-10H2,2-4H3. The minimum atomic E-state index is 0.400. The zero-order valence-corrected chi connectivity index (χ0v) is 9.40. The van der Waals surface area contributed by atoms with E-state index in [1.54, 1.807) is 0 Å². The van der Waals surface area contributed by atoms with Crippen LogP contribution in [-0.2, 0) is 0 Å². The lowest BCUT2D eigenvalue weighted by Gasteiger charge is -2.23. The van der Waals surface area contributed by atoms with Crippen molar-refractivity contribution in [2.75, 3.05) is 19.6 Å². The summed E-state index contributed by atoms with van der Waals surface area (Å²) in [5, 5.41) is 0. The summed E-state index contributed by atoms with van der Waals surface area (Å²) in [4.78, 5) is 2.52. The largest absolute Gasteiger partial charge is 0.299 e. The molecule has 0 aliphatic carbocycles. The highest BCUT2D eigenvalue weighted by atomic mass is 15.1. The van der Waals surface area contributed by atoms with E-state index in [4.69, 9.17) is 0 Å². The molecule has 1 nitrogen and oxygen atoms in total. The quantitative estimate of drug-likeness (QED) is 0.605. The summed E-state index contributed by atoms with van der Waals surface area (Å²) in [6, 6.07) is 0. The van der Waals surface area contributed by atoms with Crippen molar-refractivity contribution < 1.29 is 0 Å². The van der Waals surface area contributed by atoms with Crippen LogP contribution in [0.25, 0.3) is 0 Å². The zero-order valence-electron chi connectivity index (χ0n) is 9.40. The third kappa shape index (κ3) is 4.47. The van der Waals surface area contributed by atoms with Crippen LogP contribution in [0, 0.1) is 5.41 Å². The molecule has 0 aromatic carbocycles. The van der Waals surface area contributed by atoms with E-state index in [-0.39, 0.29) is 0 Å². The van der Waals surface area contributed by atoms with Crippen LogP contribution in [0.15, 0.2) is 12.2 Å². The Morgan fingerprint density at radius 3 is 2.23 bits per heavy atom. The molecular formula is C12H23N. The highest BCUT2D eigenvalue weighted by Crippen LogP contribution is 2.24. The van der Waals surface area contributed by atoms with Crippen LogP contribution < -0.4 is 0 Å². The van der Waals surface area contributed by atoms with Gasteiger partial charge in [-0.1, -0.05) is 32.9 Å². The van der Waals surface area contributed by atoms with Crippen molar-refractivity contribution in [3.63, 3.8) is 0 Å². The van der Waals surface area contributed by atoms with Gasteiger partial charge in [0, 0.05) is 6.54 Å². The number of hydrogen-bond acceptors (Lipinski definition) is 1. The van der Waals surface area contributed by atoms with Crippen molar-refractivity contribution in [3.05, 3.63) is 12.2 Å². The number of hydrogen-bond donors (Lipinski definition) is 0. The molecule has 0 radical (unpaired) electrons. The van der Waals surface area contributed by atoms with Crippen LogP contribution >= 0.6 is 0 Å². The molecule has 0 aromatic rings. The van der Waals surface area contributed by atoms with E-state index in [1.165, 1.54) is 31.5 Å². The third-order valence-corrected chi connectivity index (χ3v) is 2.43.